The van der Waals surface area contributed by atoms with Gasteiger partial charge in [-0.15, -0.1) is 0 Å². The van der Waals surface area contributed by atoms with E-state index in [-0.39, 0.29) is 5.91 Å². The molecule has 118 valence electrons. The Hall–Kier alpha value is -3.68. The first-order valence-corrected chi connectivity index (χ1v) is 7.09. The van der Waals surface area contributed by atoms with Crippen LogP contribution in [0.1, 0.15) is 10.4 Å². The van der Waals surface area contributed by atoms with Gasteiger partial charge in [-0.1, -0.05) is 12.1 Å². The Morgan fingerprint density at radius 1 is 1.17 bits per heavy atom. The predicted molar refractivity (Wildman–Crippen MR) is 86.6 cm³/mol. The number of amides is 1. The van der Waals surface area contributed by atoms with Crippen molar-refractivity contribution in [3.05, 3.63) is 64.9 Å². The van der Waals surface area contributed by atoms with Crippen molar-refractivity contribution in [2.45, 2.75) is 0 Å². The Bertz CT molecular complexity index is 1080. The van der Waals surface area contributed by atoms with E-state index in [4.69, 9.17) is 4.42 Å². The fraction of sp³-hybridized carbons (Fsp3) is 0. The summed E-state index contributed by atoms with van der Waals surface area (Å²) >= 11 is 0. The van der Waals surface area contributed by atoms with Crippen molar-refractivity contribution in [3.8, 4) is 11.4 Å². The smallest absolute Gasteiger partial charge is 0.408 e. The summed E-state index contributed by atoms with van der Waals surface area (Å²) in [5.74, 6) is -0.225. The topological polar surface area (TPSA) is 117 Å². The standard InChI is InChI=1S/C16H11N5O3/c22-15(10-3-1-2-9(6-10)14-17-8-18-21-14)19-11-4-5-13-12(7-11)20-16(23)24-13/h1-8H,(H,19,22)(H,20,23)(H,17,18,21). The van der Waals surface area contributed by atoms with Crippen LogP contribution in [0.4, 0.5) is 5.69 Å². The number of aromatic amines is 2. The first-order chi connectivity index (χ1) is 11.7. The van der Waals surface area contributed by atoms with Gasteiger partial charge < -0.3 is 9.73 Å². The summed E-state index contributed by atoms with van der Waals surface area (Å²) in [4.78, 5) is 30.2. The summed E-state index contributed by atoms with van der Waals surface area (Å²) in [7, 11) is 0. The minimum Gasteiger partial charge on any atom is -0.408 e. The van der Waals surface area contributed by atoms with Crippen molar-refractivity contribution in [1.82, 2.24) is 20.2 Å². The highest BCUT2D eigenvalue weighted by atomic mass is 16.4. The van der Waals surface area contributed by atoms with Crippen molar-refractivity contribution >= 4 is 22.7 Å². The highest BCUT2D eigenvalue weighted by Gasteiger charge is 2.10. The number of oxazole rings is 1. The molecule has 8 heteroatoms. The molecule has 0 spiro atoms. The third-order valence-corrected chi connectivity index (χ3v) is 3.49. The fourth-order valence-electron chi connectivity index (χ4n) is 2.39. The summed E-state index contributed by atoms with van der Waals surface area (Å²) in [6, 6.07) is 11.9. The summed E-state index contributed by atoms with van der Waals surface area (Å²) < 4.78 is 4.93. The molecule has 0 unspecified atom stereocenters. The Morgan fingerprint density at radius 2 is 2.08 bits per heavy atom. The second-order valence-corrected chi connectivity index (χ2v) is 5.09. The van der Waals surface area contributed by atoms with Crippen LogP contribution in [0.2, 0.25) is 0 Å². The molecule has 2 aromatic carbocycles. The van der Waals surface area contributed by atoms with E-state index >= 15 is 0 Å². The number of hydrogen-bond acceptors (Lipinski definition) is 5. The number of rotatable bonds is 3. The third-order valence-electron chi connectivity index (χ3n) is 3.49. The van der Waals surface area contributed by atoms with Gasteiger partial charge >= 0.3 is 5.76 Å². The van der Waals surface area contributed by atoms with Gasteiger partial charge in [0.15, 0.2) is 11.4 Å². The van der Waals surface area contributed by atoms with Crippen molar-refractivity contribution < 1.29 is 9.21 Å². The van der Waals surface area contributed by atoms with Gasteiger partial charge in [0.1, 0.15) is 6.33 Å². The Morgan fingerprint density at radius 3 is 2.92 bits per heavy atom. The van der Waals surface area contributed by atoms with Crippen LogP contribution in [0.3, 0.4) is 0 Å². The van der Waals surface area contributed by atoms with Gasteiger partial charge in [-0.05, 0) is 30.3 Å². The second-order valence-electron chi connectivity index (χ2n) is 5.09. The first kappa shape index (κ1) is 13.9. The van der Waals surface area contributed by atoms with Crippen LogP contribution in [-0.4, -0.2) is 26.1 Å². The lowest BCUT2D eigenvalue weighted by Gasteiger charge is -2.06. The highest BCUT2D eigenvalue weighted by molar-refractivity contribution is 6.05. The van der Waals surface area contributed by atoms with Gasteiger partial charge in [-0.3, -0.25) is 14.9 Å². The second kappa shape index (κ2) is 5.51. The maximum Gasteiger partial charge on any atom is 0.417 e. The molecule has 0 saturated heterocycles. The van der Waals surface area contributed by atoms with Gasteiger partial charge in [0.05, 0.1) is 5.52 Å². The molecule has 2 heterocycles. The van der Waals surface area contributed by atoms with Crippen LogP contribution < -0.4 is 11.1 Å². The highest BCUT2D eigenvalue weighted by Crippen LogP contribution is 2.19. The molecular formula is C16H11N5O3. The van der Waals surface area contributed by atoms with E-state index in [1.807, 2.05) is 6.07 Å². The zero-order valence-corrected chi connectivity index (χ0v) is 12.2. The fourth-order valence-corrected chi connectivity index (χ4v) is 2.39. The number of benzene rings is 2. The van der Waals surface area contributed by atoms with Gasteiger partial charge in [-0.25, -0.2) is 9.78 Å². The van der Waals surface area contributed by atoms with Crippen LogP contribution in [0.15, 0.2) is 58.0 Å². The average Bonchev–Trinajstić information content (AvgIpc) is 3.23. The summed E-state index contributed by atoms with van der Waals surface area (Å²) in [5.41, 5.74) is 2.74. The predicted octanol–water partition coefficient (Wildman–Crippen LogP) is 2.16. The van der Waals surface area contributed by atoms with Gasteiger partial charge in [0.25, 0.3) is 5.91 Å². The molecule has 0 bridgehead atoms. The molecular weight excluding hydrogens is 310 g/mol. The average molecular weight is 321 g/mol. The van der Waals surface area contributed by atoms with Crippen LogP contribution >= 0.6 is 0 Å². The van der Waals surface area contributed by atoms with Crippen LogP contribution in [0.25, 0.3) is 22.5 Å². The number of H-pyrrole nitrogens is 2. The molecule has 0 atom stereocenters. The zero-order chi connectivity index (χ0) is 16.5. The molecule has 0 aliphatic carbocycles. The molecule has 4 aromatic rings. The molecule has 0 saturated carbocycles. The summed E-state index contributed by atoms with van der Waals surface area (Å²) in [5, 5.41) is 9.34. The molecule has 0 fully saturated rings. The van der Waals surface area contributed by atoms with Crippen LogP contribution in [0, 0.1) is 0 Å². The number of fused-ring (bicyclic) bond motifs is 1. The number of hydrogen-bond donors (Lipinski definition) is 3. The minimum absolute atomic E-state index is 0.276. The number of carbonyl (C=O) groups is 1. The van der Waals surface area contributed by atoms with E-state index < -0.39 is 5.76 Å². The lowest BCUT2D eigenvalue weighted by Crippen LogP contribution is -2.11. The molecule has 0 aliphatic rings. The number of aromatic nitrogens is 4. The number of nitrogens with one attached hydrogen (secondary N) is 3. The largest absolute Gasteiger partial charge is 0.417 e. The van der Waals surface area contributed by atoms with E-state index in [9.17, 15) is 9.59 Å². The Kier molecular flexibility index (Phi) is 3.20. The monoisotopic (exact) mass is 321 g/mol. The number of anilines is 1. The van der Waals surface area contributed by atoms with Gasteiger partial charge in [0.2, 0.25) is 0 Å². The summed E-state index contributed by atoms with van der Waals surface area (Å²) in [6.07, 6.45) is 1.41. The molecule has 0 aliphatic heterocycles. The molecule has 24 heavy (non-hydrogen) atoms. The molecule has 0 radical (unpaired) electrons. The zero-order valence-electron chi connectivity index (χ0n) is 12.2. The minimum atomic E-state index is -0.534. The van der Waals surface area contributed by atoms with E-state index in [2.05, 4.69) is 25.5 Å². The van der Waals surface area contributed by atoms with Gasteiger partial charge in [0, 0.05) is 16.8 Å². The molecule has 1 amide bonds. The Labute approximate surface area is 134 Å². The van der Waals surface area contributed by atoms with Crippen LogP contribution in [0.5, 0.6) is 0 Å². The quantitative estimate of drug-likeness (QED) is 0.534. The van der Waals surface area contributed by atoms with Crippen molar-refractivity contribution in [2.24, 2.45) is 0 Å². The normalized spacial score (nSPS) is 10.8. The van der Waals surface area contributed by atoms with Gasteiger partial charge in [-0.2, -0.15) is 5.10 Å². The maximum atomic E-state index is 12.4. The molecule has 2 aromatic heterocycles. The SMILES string of the molecule is O=C(Nc1ccc2oc(=O)[nH]c2c1)c1cccc(-c2ncn[nH]2)c1. The van der Waals surface area contributed by atoms with Crippen LogP contribution in [-0.2, 0) is 0 Å². The van der Waals surface area contributed by atoms with Crippen molar-refractivity contribution in [3.63, 3.8) is 0 Å². The molecule has 8 nitrogen and oxygen atoms in total. The third kappa shape index (κ3) is 2.56. The lowest BCUT2D eigenvalue weighted by atomic mass is 10.1. The molecule has 3 N–H and O–H groups in total. The van der Waals surface area contributed by atoms with E-state index in [1.165, 1.54) is 6.33 Å². The first-order valence-electron chi connectivity index (χ1n) is 7.09. The van der Waals surface area contributed by atoms with Crippen molar-refractivity contribution in [1.29, 1.82) is 0 Å². The Balaban J connectivity index is 1.61. The van der Waals surface area contributed by atoms with E-state index in [1.54, 1.807) is 36.4 Å². The van der Waals surface area contributed by atoms with Crippen molar-refractivity contribution in [2.75, 3.05) is 5.32 Å². The van der Waals surface area contributed by atoms with E-state index in [0.29, 0.717) is 28.2 Å². The van der Waals surface area contributed by atoms with E-state index in [0.717, 1.165) is 5.56 Å². The summed E-state index contributed by atoms with van der Waals surface area (Å²) in [6.45, 7) is 0. The lowest BCUT2D eigenvalue weighted by molar-refractivity contribution is 0.102. The number of carbonyl (C=O) groups excluding carboxylic acids is 1. The number of nitrogens with zero attached hydrogens (tertiary/aromatic N) is 2. The maximum absolute atomic E-state index is 12.4. The molecule has 4 rings (SSSR count).